The molecule has 0 amide bonds. The van der Waals surface area contributed by atoms with Gasteiger partial charge in [0.1, 0.15) is 0 Å². The van der Waals surface area contributed by atoms with Crippen molar-refractivity contribution in [1.29, 1.82) is 0 Å². The van der Waals surface area contributed by atoms with Gasteiger partial charge in [-0.3, -0.25) is 10.1 Å². The van der Waals surface area contributed by atoms with E-state index in [0.717, 1.165) is 38.1 Å². The van der Waals surface area contributed by atoms with Gasteiger partial charge in [-0.1, -0.05) is 0 Å². The predicted molar refractivity (Wildman–Crippen MR) is 160 cm³/mol. The minimum atomic E-state index is -4.74. The van der Waals surface area contributed by atoms with Crippen molar-refractivity contribution < 1.29 is 27.6 Å². The predicted octanol–water partition coefficient (Wildman–Crippen LogP) is 6.39. The average Bonchev–Trinajstić information content (AvgIpc) is 2.99. The summed E-state index contributed by atoms with van der Waals surface area (Å²) in [5, 5.41) is 15.7. The molecule has 3 aromatic rings. The van der Waals surface area contributed by atoms with Crippen LogP contribution in [0.1, 0.15) is 30.4 Å². The second-order valence-corrected chi connectivity index (χ2v) is 11.3. The molecule has 43 heavy (non-hydrogen) atoms. The number of hydrogen-bond acceptors (Lipinski definition) is 11. The molecule has 2 aliphatic heterocycles. The van der Waals surface area contributed by atoms with E-state index in [0.29, 0.717) is 58.8 Å². The van der Waals surface area contributed by atoms with Crippen LogP contribution in [0.25, 0.3) is 0 Å². The Kier molecular flexibility index (Phi) is 9.61. The normalized spacial score (nSPS) is 16.0. The monoisotopic (exact) mass is 728 g/mol. The highest BCUT2D eigenvalue weighted by atomic mass is 79.9. The summed E-state index contributed by atoms with van der Waals surface area (Å²) in [4.78, 5) is 28.6. The van der Waals surface area contributed by atoms with Gasteiger partial charge in [-0.25, -0.2) is 5.43 Å². The topological polar surface area (TPSA) is 131 Å². The average molecular weight is 730 g/mol. The molecule has 0 atom stereocenters. The van der Waals surface area contributed by atoms with E-state index < -0.39 is 22.4 Å². The first-order valence-electron chi connectivity index (χ1n) is 13.2. The zero-order chi connectivity index (χ0) is 30.6. The Balaban J connectivity index is 1.34. The maximum absolute atomic E-state index is 13.1. The van der Waals surface area contributed by atoms with E-state index in [-0.39, 0.29) is 17.4 Å². The summed E-state index contributed by atoms with van der Waals surface area (Å²) in [5.74, 6) is 1.19. The molecule has 1 aromatic heterocycles. The molecule has 17 heteroatoms. The van der Waals surface area contributed by atoms with Crippen molar-refractivity contribution in [3.63, 3.8) is 0 Å². The van der Waals surface area contributed by atoms with Crippen molar-refractivity contribution in [3.05, 3.63) is 60.5 Å². The molecule has 0 bridgehead atoms. The number of morpholine rings is 1. The third-order valence-electron chi connectivity index (χ3n) is 6.64. The second-order valence-electron chi connectivity index (χ2n) is 9.63. The SMILES string of the molecule is O=[N+]([O-])c1cc(C(F)(F)F)ccc1Oc1c(Br)cc(/C=N/Nc2nc(N3CCCCC3)nc(N3CCOCC3)n2)cc1Br. The highest BCUT2D eigenvalue weighted by molar-refractivity contribution is 9.11. The van der Waals surface area contributed by atoms with Crippen LogP contribution in [-0.4, -0.2) is 65.5 Å². The van der Waals surface area contributed by atoms with Crippen molar-refractivity contribution in [1.82, 2.24) is 15.0 Å². The lowest BCUT2D eigenvalue weighted by Crippen LogP contribution is -2.38. The fraction of sp³-hybridized carbons (Fsp3) is 0.385. The minimum Gasteiger partial charge on any atom is -0.448 e. The summed E-state index contributed by atoms with van der Waals surface area (Å²) in [5.41, 5.74) is 1.50. The number of benzene rings is 2. The van der Waals surface area contributed by atoms with E-state index in [1.165, 1.54) is 12.6 Å². The Morgan fingerprint density at radius 2 is 1.60 bits per heavy atom. The number of nitro groups is 1. The molecule has 12 nitrogen and oxygen atoms in total. The zero-order valence-corrected chi connectivity index (χ0v) is 25.7. The summed E-state index contributed by atoms with van der Waals surface area (Å²) >= 11 is 6.73. The molecule has 2 aliphatic rings. The molecular formula is C26H25Br2F3N8O4. The van der Waals surface area contributed by atoms with Crippen LogP contribution >= 0.6 is 31.9 Å². The fourth-order valence-corrected chi connectivity index (χ4v) is 5.88. The molecule has 2 fully saturated rings. The van der Waals surface area contributed by atoms with Gasteiger partial charge in [-0.15, -0.1) is 0 Å². The lowest BCUT2D eigenvalue weighted by atomic mass is 10.1. The van der Waals surface area contributed by atoms with E-state index in [1.54, 1.807) is 12.1 Å². The molecule has 3 heterocycles. The lowest BCUT2D eigenvalue weighted by molar-refractivity contribution is -0.385. The Morgan fingerprint density at radius 3 is 2.21 bits per heavy atom. The molecule has 2 saturated heterocycles. The van der Waals surface area contributed by atoms with Gasteiger partial charge in [0.25, 0.3) is 0 Å². The summed E-state index contributed by atoms with van der Waals surface area (Å²) in [6, 6.07) is 5.34. The molecule has 2 aromatic carbocycles. The zero-order valence-electron chi connectivity index (χ0n) is 22.5. The van der Waals surface area contributed by atoms with Crippen molar-refractivity contribution in [3.8, 4) is 11.5 Å². The molecule has 0 unspecified atom stereocenters. The first kappa shape index (κ1) is 30.9. The van der Waals surface area contributed by atoms with Gasteiger partial charge in [0, 0.05) is 32.2 Å². The fourth-order valence-electron chi connectivity index (χ4n) is 4.49. The number of hydrogen-bond donors (Lipinski definition) is 1. The van der Waals surface area contributed by atoms with Crippen molar-refractivity contribution >= 4 is 61.6 Å². The minimum absolute atomic E-state index is 0.131. The van der Waals surface area contributed by atoms with Gasteiger partial charge in [0.05, 0.1) is 38.9 Å². The highest BCUT2D eigenvalue weighted by Crippen LogP contribution is 2.42. The molecule has 0 saturated carbocycles. The number of alkyl halides is 3. The number of nitrogens with zero attached hydrogens (tertiary/aromatic N) is 7. The van der Waals surface area contributed by atoms with Gasteiger partial charge < -0.3 is 19.3 Å². The smallest absolute Gasteiger partial charge is 0.416 e. The van der Waals surface area contributed by atoms with Crippen molar-refractivity contribution in [2.45, 2.75) is 25.4 Å². The number of rotatable bonds is 8. The number of halogens is 5. The third kappa shape index (κ3) is 7.69. The Bertz CT molecular complexity index is 1460. The number of aromatic nitrogens is 3. The summed E-state index contributed by atoms with van der Waals surface area (Å²) < 4.78 is 51.1. The van der Waals surface area contributed by atoms with E-state index in [1.807, 2.05) is 4.90 Å². The van der Waals surface area contributed by atoms with Crippen molar-refractivity contribution in [2.75, 3.05) is 54.6 Å². The van der Waals surface area contributed by atoms with E-state index in [2.05, 4.69) is 57.3 Å². The number of piperidine rings is 1. The molecule has 0 aliphatic carbocycles. The number of anilines is 3. The molecule has 228 valence electrons. The van der Waals surface area contributed by atoms with Crippen molar-refractivity contribution in [2.24, 2.45) is 5.10 Å². The maximum atomic E-state index is 13.1. The van der Waals surface area contributed by atoms with Gasteiger partial charge in [0.15, 0.2) is 5.75 Å². The summed E-state index contributed by atoms with van der Waals surface area (Å²) in [6.45, 7) is 4.22. The number of nitrogens with one attached hydrogen (secondary N) is 1. The van der Waals surface area contributed by atoms with Crippen LogP contribution in [0.5, 0.6) is 11.5 Å². The van der Waals surface area contributed by atoms with E-state index in [4.69, 9.17) is 14.5 Å². The Labute approximate surface area is 260 Å². The standard InChI is InChI=1S/C26H25Br2F3N8O4/c27-18-12-16(13-19(28)22(18)43-21-5-4-17(26(29,30)31)14-20(21)39(40)41)15-32-36-23-33-24(37-6-2-1-3-7-37)35-25(34-23)38-8-10-42-11-9-38/h4-5,12-15H,1-3,6-11H2,(H,33,34,35,36)/b32-15+. The van der Waals surface area contributed by atoms with Crippen LogP contribution in [0.2, 0.25) is 0 Å². The maximum Gasteiger partial charge on any atom is 0.416 e. The first-order chi connectivity index (χ1) is 20.6. The molecule has 5 rings (SSSR count). The van der Waals surface area contributed by atoms with Gasteiger partial charge in [-0.05, 0) is 81.0 Å². The quantitative estimate of drug-likeness (QED) is 0.158. The van der Waals surface area contributed by atoms with Crippen LogP contribution in [0, 0.1) is 10.1 Å². The van der Waals surface area contributed by atoms with Gasteiger partial charge >= 0.3 is 11.9 Å². The second kappa shape index (κ2) is 13.4. The highest BCUT2D eigenvalue weighted by Gasteiger charge is 2.33. The largest absolute Gasteiger partial charge is 0.448 e. The molecule has 1 N–H and O–H groups in total. The first-order valence-corrected chi connectivity index (χ1v) is 14.8. The molecule has 0 radical (unpaired) electrons. The number of nitro benzene ring substituents is 1. The van der Waals surface area contributed by atoms with Crippen LogP contribution in [0.3, 0.4) is 0 Å². The van der Waals surface area contributed by atoms with E-state index in [9.17, 15) is 23.3 Å². The number of ether oxygens (including phenoxy) is 2. The third-order valence-corrected chi connectivity index (χ3v) is 7.82. The molecule has 0 spiro atoms. The Hall–Kier alpha value is -3.57. The summed E-state index contributed by atoms with van der Waals surface area (Å²) in [6.07, 6.45) is 0.0758. The van der Waals surface area contributed by atoms with Crippen LogP contribution in [0.4, 0.5) is 36.7 Å². The van der Waals surface area contributed by atoms with E-state index >= 15 is 0 Å². The summed E-state index contributed by atoms with van der Waals surface area (Å²) in [7, 11) is 0. The number of hydrazone groups is 1. The Morgan fingerprint density at radius 1 is 0.977 bits per heavy atom. The van der Waals surface area contributed by atoms with Gasteiger partial charge in [-0.2, -0.15) is 33.2 Å². The molecular weight excluding hydrogens is 705 g/mol. The van der Waals surface area contributed by atoms with Gasteiger partial charge in [0.2, 0.25) is 23.6 Å². The van der Waals surface area contributed by atoms with Crippen LogP contribution < -0.4 is 20.0 Å². The lowest BCUT2D eigenvalue weighted by Gasteiger charge is -2.30. The van der Waals surface area contributed by atoms with Crippen LogP contribution in [0.15, 0.2) is 44.4 Å². The van der Waals surface area contributed by atoms with Crippen LogP contribution in [-0.2, 0) is 10.9 Å².